The maximum absolute atomic E-state index is 12.5. The first-order valence-electron chi connectivity index (χ1n) is 19.0. The molecule has 8 rings (SSSR count). The van der Waals surface area contributed by atoms with Crippen LogP contribution in [0.2, 0.25) is 0 Å². The summed E-state index contributed by atoms with van der Waals surface area (Å²) in [4.78, 5) is 30.8. The molecule has 270 valence electrons. The fourth-order valence-electron chi connectivity index (χ4n) is 9.94. The molecule has 3 N–H and O–H groups in total. The quantitative estimate of drug-likeness (QED) is 0.222. The van der Waals surface area contributed by atoms with Crippen LogP contribution in [0.4, 0.5) is 0 Å². The number of fused-ring (bicyclic) bond motifs is 9. The van der Waals surface area contributed by atoms with Gasteiger partial charge in [-0.05, 0) is 99.8 Å². The van der Waals surface area contributed by atoms with Crippen molar-refractivity contribution in [3.05, 3.63) is 68.8 Å². The van der Waals surface area contributed by atoms with Crippen LogP contribution in [0.15, 0.2) is 18.2 Å². The third-order valence-corrected chi connectivity index (χ3v) is 12.8. The topological polar surface area (TPSA) is 122 Å². The molecule has 9 nitrogen and oxygen atoms in total. The van der Waals surface area contributed by atoms with E-state index in [1.54, 1.807) is 0 Å². The molecular weight excluding hydrogens is 640 g/mol. The van der Waals surface area contributed by atoms with Gasteiger partial charge in [-0.1, -0.05) is 33.1 Å². The molecular formula is C42H52N4O5. The van der Waals surface area contributed by atoms with Gasteiger partial charge in [-0.15, -0.1) is 0 Å². The average molecular weight is 693 g/mol. The highest BCUT2D eigenvalue weighted by Crippen LogP contribution is 2.53. The first kappa shape index (κ1) is 34.3. The minimum Gasteiger partial charge on any atom is -0.469 e. The lowest BCUT2D eigenvalue weighted by Gasteiger charge is -2.36. The van der Waals surface area contributed by atoms with E-state index in [0.29, 0.717) is 32.5 Å². The van der Waals surface area contributed by atoms with Gasteiger partial charge in [0.05, 0.1) is 43.0 Å². The van der Waals surface area contributed by atoms with Crippen molar-refractivity contribution in [1.82, 2.24) is 19.9 Å². The molecule has 1 spiro atoms. The molecule has 8 bridgehead atoms. The van der Waals surface area contributed by atoms with E-state index in [2.05, 4.69) is 62.8 Å². The predicted octanol–water partition coefficient (Wildman–Crippen LogP) is 8.35. The molecule has 1 unspecified atom stereocenters. The monoisotopic (exact) mass is 692 g/mol. The number of allylic oxidation sites excluding steroid dienone is 1. The third-order valence-electron chi connectivity index (χ3n) is 12.8. The lowest BCUT2D eigenvalue weighted by Crippen LogP contribution is -2.33. The van der Waals surface area contributed by atoms with E-state index < -0.39 is 11.4 Å². The van der Waals surface area contributed by atoms with E-state index in [1.807, 2.05) is 6.92 Å². The van der Waals surface area contributed by atoms with Crippen LogP contribution in [0.25, 0.3) is 33.2 Å². The molecule has 1 saturated heterocycles. The fourth-order valence-corrected chi connectivity index (χ4v) is 9.94. The molecule has 2 fully saturated rings. The number of carbonyl (C=O) groups is 1. The number of carbonyl (C=O) groups excluding carboxylic acids is 1. The largest absolute Gasteiger partial charge is 0.469 e. The van der Waals surface area contributed by atoms with Crippen LogP contribution in [0, 0.1) is 19.8 Å². The van der Waals surface area contributed by atoms with Crippen LogP contribution in [0.3, 0.4) is 0 Å². The van der Waals surface area contributed by atoms with Crippen LogP contribution in [-0.4, -0.2) is 57.1 Å². The third kappa shape index (κ3) is 5.41. The Hall–Kier alpha value is -3.79. The lowest BCUT2D eigenvalue weighted by atomic mass is 9.73. The normalized spacial score (nSPS) is 22.6. The molecule has 6 heterocycles. The Morgan fingerprint density at radius 3 is 2.41 bits per heavy atom. The molecule has 0 aromatic carbocycles. The smallest absolute Gasteiger partial charge is 0.305 e. The van der Waals surface area contributed by atoms with Crippen molar-refractivity contribution in [3.8, 4) is 0 Å². The number of nitrogens with one attached hydrogen (secondary N) is 2. The molecule has 0 amide bonds. The van der Waals surface area contributed by atoms with Crippen LogP contribution < -0.4 is 0 Å². The van der Waals surface area contributed by atoms with Crippen LogP contribution in [0.1, 0.15) is 135 Å². The Bertz CT molecular complexity index is 2110. The molecule has 3 aromatic heterocycles. The predicted molar refractivity (Wildman–Crippen MR) is 199 cm³/mol. The van der Waals surface area contributed by atoms with Crippen molar-refractivity contribution in [2.75, 3.05) is 20.3 Å². The number of aromatic nitrogens is 4. The minimum absolute atomic E-state index is 0.0256. The van der Waals surface area contributed by atoms with Crippen LogP contribution >= 0.6 is 0 Å². The van der Waals surface area contributed by atoms with Gasteiger partial charge in [0.25, 0.3) is 0 Å². The molecule has 3 atom stereocenters. The standard InChI is InChI=1S/C42H52N4O5/c1-8-27-22(2)30-20-35-37(41(6,48)26-12-10-9-11-13-26)24(4)32(44-35)18-31-23(3)28(14-15-36(47)49-7)39(45-31)29-21-42(50-16-17-51-42)38-25(5)33(46-40(29)38)19-34(27)43-30/h18-20,23,26,28,43-44,48H,8-17,21H2,1-7H3/t23-,28-,41?/m0/s1. The zero-order valence-electron chi connectivity index (χ0n) is 31.2. The number of methoxy groups -OCH3 is 1. The van der Waals surface area contributed by atoms with Gasteiger partial charge in [-0.2, -0.15) is 0 Å². The number of ether oxygens (including phenoxy) is 3. The molecule has 5 aliphatic rings. The van der Waals surface area contributed by atoms with Crippen molar-refractivity contribution in [2.45, 2.75) is 123 Å². The Balaban J connectivity index is 1.47. The molecule has 1 saturated carbocycles. The van der Waals surface area contributed by atoms with Gasteiger partial charge in [0.2, 0.25) is 5.79 Å². The van der Waals surface area contributed by atoms with Crippen molar-refractivity contribution in [1.29, 1.82) is 0 Å². The van der Waals surface area contributed by atoms with Crippen LogP contribution in [-0.2, 0) is 37.4 Å². The average Bonchev–Trinajstić information content (AvgIpc) is 3.95. The summed E-state index contributed by atoms with van der Waals surface area (Å²) in [6, 6.07) is 6.54. The second kappa shape index (κ2) is 12.7. The van der Waals surface area contributed by atoms with Crippen molar-refractivity contribution < 1.29 is 24.1 Å². The van der Waals surface area contributed by atoms with Gasteiger partial charge in [0.1, 0.15) is 0 Å². The first-order chi connectivity index (χ1) is 24.5. The summed E-state index contributed by atoms with van der Waals surface area (Å²) in [7, 11) is 1.44. The molecule has 3 aliphatic heterocycles. The Morgan fingerprint density at radius 2 is 1.71 bits per heavy atom. The Kier molecular flexibility index (Phi) is 8.55. The number of aromatic amines is 2. The summed E-state index contributed by atoms with van der Waals surface area (Å²) >= 11 is 0. The summed E-state index contributed by atoms with van der Waals surface area (Å²) in [5.74, 6) is -0.943. The van der Waals surface area contributed by atoms with Gasteiger partial charge < -0.3 is 29.3 Å². The van der Waals surface area contributed by atoms with E-state index in [9.17, 15) is 9.90 Å². The van der Waals surface area contributed by atoms with Crippen LogP contribution in [0.5, 0.6) is 0 Å². The van der Waals surface area contributed by atoms with Crippen molar-refractivity contribution >= 4 is 39.2 Å². The SMILES string of the molecule is CCc1c(C)c2cc3[nH]c(cc4nc(c5c6nc(cc1[nH]2)C(C)=C6C1(C5)OCCO1)[C@@H](CCC(=O)OC)[C@@H]4C)c(C)c3C(C)(O)C1CCCCC1. The number of rotatable bonds is 6. The van der Waals surface area contributed by atoms with E-state index in [4.69, 9.17) is 24.2 Å². The summed E-state index contributed by atoms with van der Waals surface area (Å²) < 4.78 is 18.0. The summed E-state index contributed by atoms with van der Waals surface area (Å²) in [6.07, 6.45) is 7.84. The second-order valence-electron chi connectivity index (χ2n) is 15.7. The number of esters is 1. The summed E-state index contributed by atoms with van der Waals surface area (Å²) in [5, 5.41) is 12.5. The van der Waals surface area contributed by atoms with Gasteiger partial charge in [0, 0.05) is 69.1 Å². The zero-order valence-corrected chi connectivity index (χ0v) is 31.2. The van der Waals surface area contributed by atoms with Crippen molar-refractivity contribution in [3.63, 3.8) is 0 Å². The summed E-state index contributed by atoms with van der Waals surface area (Å²) in [5.41, 5.74) is 14.1. The van der Waals surface area contributed by atoms with Crippen molar-refractivity contribution in [2.24, 2.45) is 5.92 Å². The summed E-state index contributed by atoms with van der Waals surface area (Å²) in [6.45, 7) is 13.9. The highest BCUT2D eigenvalue weighted by molar-refractivity contribution is 5.98. The maximum Gasteiger partial charge on any atom is 0.305 e. The number of hydrogen-bond donors (Lipinski definition) is 3. The lowest BCUT2D eigenvalue weighted by molar-refractivity contribution is -0.140. The molecule has 3 aromatic rings. The van der Waals surface area contributed by atoms with E-state index in [-0.39, 0.29) is 23.7 Å². The van der Waals surface area contributed by atoms with E-state index in [0.717, 1.165) is 105 Å². The highest BCUT2D eigenvalue weighted by Gasteiger charge is 2.52. The maximum atomic E-state index is 12.5. The van der Waals surface area contributed by atoms with Gasteiger partial charge >= 0.3 is 5.97 Å². The van der Waals surface area contributed by atoms with Gasteiger partial charge in [0.15, 0.2) is 0 Å². The number of aliphatic hydroxyl groups is 1. The highest BCUT2D eigenvalue weighted by atomic mass is 16.7. The minimum atomic E-state index is -1.01. The zero-order chi connectivity index (χ0) is 35.8. The fraction of sp³-hybridized carbons (Fsp3) is 0.548. The van der Waals surface area contributed by atoms with Gasteiger partial charge in [-0.25, -0.2) is 4.98 Å². The first-order valence-corrected chi connectivity index (χ1v) is 19.0. The number of nitrogens with zero attached hydrogens (tertiary/aromatic N) is 2. The Morgan fingerprint density at radius 1 is 1.00 bits per heavy atom. The van der Waals surface area contributed by atoms with E-state index >= 15 is 0 Å². The van der Waals surface area contributed by atoms with Gasteiger partial charge in [-0.3, -0.25) is 9.78 Å². The molecule has 2 aliphatic carbocycles. The second-order valence-corrected chi connectivity index (χ2v) is 15.7. The number of H-pyrrole nitrogens is 2. The molecule has 0 radical (unpaired) electrons. The molecule has 9 heteroatoms. The Labute approximate surface area is 300 Å². The van der Waals surface area contributed by atoms with E-state index in [1.165, 1.54) is 24.7 Å². The number of aryl methyl sites for hydroxylation is 3. The molecule has 51 heavy (non-hydrogen) atoms. The number of hydrogen-bond acceptors (Lipinski definition) is 7.